The zero-order valence-corrected chi connectivity index (χ0v) is 13.1. The first-order valence-corrected chi connectivity index (χ1v) is 7.63. The maximum Gasteiger partial charge on any atom is 0.255 e. The quantitative estimate of drug-likeness (QED) is 0.779. The summed E-state index contributed by atoms with van der Waals surface area (Å²) in [5.41, 5.74) is 0.518. The van der Waals surface area contributed by atoms with E-state index in [2.05, 4.69) is 15.5 Å². The van der Waals surface area contributed by atoms with Crippen molar-refractivity contribution in [2.75, 3.05) is 46.4 Å². The van der Waals surface area contributed by atoms with Gasteiger partial charge in [0.25, 0.3) is 5.91 Å². The molecule has 6 heteroatoms. The minimum atomic E-state index is -0.121. The van der Waals surface area contributed by atoms with Gasteiger partial charge in [-0.1, -0.05) is 11.6 Å². The van der Waals surface area contributed by atoms with Crippen LogP contribution in [0.25, 0.3) is 0 Å². The van der Waals surface area contributed by atoms with Gasteiger partial charge in [-0.15, -0.1) is 0 Å². The van der Waals surface area contributed by atoms with E-state index in [4.69, 9.17) is 16.3 Å². The molecule has 1 fully saturated rings. The van der Waals surface area contributed by atoms with Crippen molar-refractivity contribution in [3.05, 3.63) is 28.8 Å². The number of rotatable bonds is 6. The Kier molecular flexibility index (Phi) is 6.29. The van der Waals surface area contributed by atoms with Gasteiger partial charge in [-0.05, 0) is 31.2 Å². The molecule has 2 rings (SSSR count). The molecule has 0 atom stereocenters. The third-order valence-electron chi connectivity index (χ3n) is 3.55. The first-order chi connectivity index (χ1) is 10.2. The van der Waals surface area contributed by atoms with E-state index in [1.54, 1.807) is 18.2 Å². The van der Waals surface area contributed by atoms with Crippen molar-refractivity contribution >= 4 is 17.5 Å². The highest BCUT2D eigenvalue weighted by molar-refractivity contribution is 6.30. The van der Waals surface area contributed by atoms with E-state index in [0.717, 1.165) is 39.1 Å². The second-order valence-electron chi connectivity index (χ2n) is 5.05. The molecule has 2 N–H and O–H groups in total. The summed E-state index contributed by atoms with van der Waals surface area (Å²) >= 11 is 5.89. The lowest BCUT2D eigenvalue weighted by Gasteiger charge is -2.27. The van der Waals surface area contributed by atoms with E-state index in [0.29, 0.717) is 22.9 Å². The first-order valence-electron chi connectivity index (χ1n) is 7.25. The highest BCUT2D eigenvalue weighted by Crippen LogP contribution is 2.22. The Hall–Kier alpha value is -1.30. The summed E-state index contributed by atoms with van der Waals surface area (Å²) in [5.74, 6) is 0.380. The van der Waals surface area contributed by atoms with E-state index in [1.807, 2.05) is 0 Å². The Morgan fingerprint density at radius 2 is 2.19 bits per heavy atom. The van der Waals surface area contributed by atoms with Crippen LogP contribution in [0.4, 0.5) is 0 Å². The van der Waals surface area contributed by atoms with Crippen molar-refractivity contribution in [2.45, 2.75) is 6.42 Å². The molecule has 1 heterocycles. The molecule has 0 spiro atoms. The summed E-state index contributed by atoms with van der Waals surface area (Å²) in [7, 11) is 1.53. The van der Waals surface area contributed by atoms with E-state index >= 15 is 0 Å². The Morgan fingerprint density at radius 1 is 1.43 bits per heavy atom. The Morgan fingerprint density at radius 3 is 2.90 bits per heavy atom. The van der Waals surface area contributed by atoms with Crippen LogP contribution in [0.1, 0.15) is 16.8 Å². The van der Waals surface area contributed by atoms with Crippen LogP contribution in [0.3, 0.4) is 0 Å². The van der Waals surface area contributed by atoms with Crippen molar-refractivity contribution in [1.29, 1.82) is 0 Å². The summed E-state index contributed by atoms with van der Waals surface area (Å²) in [6, 6.07) is 5.03. The number of amides is 1. The number of piperazine rings is 1. The number of hydrogen-bond acceptors (Lipinski definition) is 4. The molecule has 0 bridgehead atoms. The van der Waals surface area contributed by atoms with Gasteiger partial charge in [0.2, 0.25) is 0 Å². The molecular formula is C15H22ClN3O2. The lowest BCUT2D eigenvalue weighted by Crippen LogP contribution is -2.44. The smallest absolute Gasteiger partial charge is 0.255 e. The number of nitrogens with zero attached hydrogens (tertiary/aromatic N) is 1. The van der Waals surface area contributed by atoms with E-state index < -0.39 is 0 Å². The van der Waals surface area contributed by atoms with Gasteiger partial charge in [-0.3, -0.25) is 4.79 Å². The fraction of sp³-hybridized carbons (Fsp3) is 0.533. The van der Waals surface area contributed by atoms with Crippen molar-refractivity contribution in [3.63, 3.8) is 0 Å². The molecule has 0 unspecified atom stereocenters. The normalized spacial score (nSPS) is 15.7. The molecule has 0 radical (unpaired) electrons. The van der Waals surface area contributed by atoms with E-state index in [-0.39, 0.29) is 5.91 Å². The van der Waals surface area contributed by atoms with Crippen LogP contribution in [0.5, 0.6) is 5.75 Å². The van der Waals surface area contributed by atoms with E-state index in [1.165, 1.54) is 7.11 Å². The van der Waals surface area contributed by atoms with Gasteiger partial charge >= 0.3 is 0 Å². The molecule has 0 aromatic heterocycles. The fourth-order valence-corrected chi connectivity index (χ4v) is 2.55. The minimum absolute atomic E-state index is 0.121. The number of benzene rings is 1. The summed E-state index contributed by atoms with van der Waals surface area (Å²) < 4.78 is 5.19. The number of ether oxygens (including phenoxy) is 1. The van der Waals surface area contributed by atoms with Crippen LogP contribution in [-0.2, 0) is 0 Å². The largest absolute Gasteiger partial charge is 0.496 e. The number of hydrogen-bond donors (Lipinski definition) is 2. The van der Waals surface area contributed by atoms with Gasteiger partial charge < -0.3 is 20.3 Å². The summed E-state index contributed by atoms with van der Waals surface area (Å²) in [5, 5.41) is 6.81. The van der Waals surface area contributed by atoms with E-state index in [9.17, 15) is 4.79 Å². The minimum Gasteiger partial charge on any atom is -0.496 e. The Labute approximate surface area is 130 Å². The Bertz CT molecular complexity index is 476. The van der Waals surface area contributed by atoms with Gasteiger partial charge in [0.1, 0.15) is 5.75 Å². The predicted molar refractivity (Wildman–Crippen MR) is 84.3 cm³/mol. The third kappa shape index (κ3) is 4.88. The van der Waals surface area contributed by atoms with Gasteiger partial charge in [0.15, 0.2) is 0 Å². The van der Waals surface area contributed by atoms with Crippen molar-refractivity contribution < 1.29 is 9.53 Å². The zero-order valence-electron chi connectivity index (χ0n) is 12.3. The number of carbonyl (C=O) groups is 1. The fourth-order valence-electron chi connectivity index (χ4n) is 2.39. The summed E-state index contributed by atoms with van der Waals surface area (Å²) in [4.78, 5) is 14.5. The van der Waals surface area contributed by atoms with Gasteiger partial charge in [0.05, 0.1) is 12.7 Å². The third-order valence-corrected chi connectivity index (χ3v) is 3.79. The van der Waals surface area contributed by atoms with Crippen molar-refractivity contribution in [2.24, 2.45) is 0 Å². The number of methoxy groups -OCH3 is 1. The molecule has 116 valence electrons. The molecule has 5 nitrogen and oxygen atoms in total. The van der Waals surface area contributed by atoms with Gasteiger partial charge in [0, 0.05) is 37.7 Å². The molecule has 1 aliphatic heterocycles. The number of halogens is 1. The molecule has 0 aliphatic carbocycles. The molecule has 1 aromatic rings. The van der Waals surface area contributed by atoms with Crippen LogP contribution in [0.15, 0.2) is 18.2 Å². The topological polar surface area (TPSA) is 53.6 Å². The average molecular weight is 312 g/mol. The van der Waals surface area contributed by atoms with Gasteiger partial charge in [-0.25, -0.2) is 0 Å². The Balaban J connectivity index is 1.76. The zero-order chi connectivity index (χ0) is 15.1. The highest BCUT2D eigenvalue weighted by Gasteiger charge is 2.13. The number of carbonyl (C=O) groups excluding carboxylic acids is 1. The molecule has 1 aliphatic rings. The van der Waals surface area contributed by atoms with Crippen LogP contribution in [0, 0.1) is 0 Å². The lowest BCUT2D eigenvalue weighted by atomic mass is 10.2. The highest BCUT2D eigenvalue weighted by atomic mass is 35.5. The van der Waals surface area contributed by atoms with Crippen LogP contribution < -0.4 is 15.4 Å². The van der Waals surface area contributed by atoms with Crippen LogP contribution in [0.2, 0.25) is 5.02 Å². The number of nitrogens with one attached hydrogen (secondary N) is 2. The summed E-state index contributed by atoms with van der Waals surface area (Å²) in [6.07, 6.45) is 0.946. The molecular weight excluding hydrogens is 290 g/mol. The van der Waals surface area contributed by atoms with Gasteiger partial charge in [-0.2, -0.15) is 0 Å². The summed E-state index contributed by atoms with van der Waals surface area (Å²) in [6.45, 7) is 5.94. The SMILES string of the molecule is COc1cc(Cl)ccc1C(=O)NCCCN1CCNCC1. The first kappa shape index (κ1) is 16.1. The second-order valence-corrected chi connectivity index (χ2v) is 5.48. The van der Waals surface area contributed by atoms with Crippen LogP contribution >= 0.6 is 11.6 Å². The predicted octanol–water partition coefficient (Wildman–Crippen LogP) is 1.37. The molecule has 1 aromatic carbocycles. The monoisotopic (exact) mass is 311 g/mol. The molecule has 0 saturated carbocycles. The van der Waals surface area contributed by atoms with Crippen molar-refractivity contribution in [3.8, 4) is 5.75 Å². The maximum absolute atomic E-state index is 12.1. The lowest BCUT2D eigenvalue weighted by molar-refractivity contribution is 0.0948. The molecule has 1 saturated heterocycles. The standard InChI is InChI=1S/C15H22ClN3O2/c1-21-14-11-12(16)3-4-13(14)15(20)18-5-2-8-19-9-6-17-7-10-19/h3-4,11,17H,2,5-10H2,1H3,(H,18,20). The second kappa shape index (κ2) is 8.22. The maximum atomic E-state index is 12.1. The van der Waals surface area contributed by atoms with Crippen molar-refractivity contribution in [1.82, 2.24) is 15.5 Å². The molecule has 21 heavy (non-hydrogen) atoms. The average Bonchev–Trinajstić information content (AvgIpc) is 2.52. The molecule has 1 amide bonds. The van der Waals surface area contributed by atoms with Crippen LogP contribution in [-0.4, -0.2) is 57.2 Å².